The Kier molecular flexibility index (Phi) is 3.64. The van der Waals surface area contributed by atoms with Gasteiger partial charge in [0.2, 0.25) is 0 Å². The van der Waals surface area contributed by atoms with Crippen LogP contribution in [-0.2, 0) is 0 Å². The standard InChI is InChI=1S/C12H18N2O2/c1-14(7-6-13)8-10-9-15-11-4-2-3-5-12(11)16-10/h2-5,10H,6-9,13H2,1H3/t10-/m1/s1. The number of rotatable bonds is 4. The van der Waals surface area contributed by atoms with Gasteiger partial charge in [-0.2, -0.15) is 0 Å². The monoisotopic (exact) mass is 222 g/mol. The Bertz CT molecular complexity index is 344. The average molecular weight is 222 g/mol. The number of hydrogen-bond acceptors (Lipinski definition) is 4. The summed E-state index contributed by atoms with van der Waals surface area (Å²) in [5, 5.41) is 0. The fourth-order valence-electron chi connectivity index (χ4n) is 1.81. The highest BCUT2D eigenvalue weighted by atomic mass is 16.6. The van der Waals surface area contributed by atoms with E-state index in [1.54, 1.807) is 0 Å². The number of likely N-dealkylation sites (N-methyl/N-ethyl adjacent to an activating group) is 1. The normalized spacial score (nSPS) is 18.8. The minimum atomic E-state index is 0.0893. The number of para-hydroxylation sites is 2. The minimum absolute atomic E-state index is 0.0893. The molecule has 0 unspecified atom stereocenters. The van der Waals surface area contributed by atoms with E-state index >= 15 is 0 Å². The molecule has 16 heavy (non-hydrogen) atoms. The van der Waals surface area contributed by atoms with Gasteiger partial charge in [0.25, 0.3) is 0 Å². The third kappa shape index (κ3) is 2.65. The lowest BCUT2D eigenvalue weighted by Gasteiger charge is -2.29. The van der Waals surface area contributed by atoms with Crippen molar-refractivity contribution in [2.24, 2.45) is 5.73 Å². The van der Waals surface area contributed by atoms with Crippen LogP contribution in [0.4, 0.5) is 0 Å². The molecule has 0 fully saturated rings. The summed E-state index contributed by atoms with van der Waals surface area (Å²) in [7, 11) is 2.04. The first-order valence-electron chi connectivity index (χ1n) is 5.56. The lowest BCUT2D eigenvalue weighted by Crippen LogP contribution is -2.40. The largest absolute Gasteiger partial charge is 0.486 e. The topological polar surface area (TPSA) is 47.7 Å². The molecule has 0 saturated carbocycles. The van der Waals surface area contributed by atoms with Gasteiger partial charge in [-0.3, -0.25) is 0 Å². The maximum atomic E-state index is 5.84. The number of fused-ring (bicyclic) bond motifs is 1. The van der Waals surface area contributed by atoms with Crippen molar-refractivity contribution in [2.75, 3.05) is 33.3 Å². The van der Waals surface area contributed by atoms with Crippen LogP contribution in [0.3, 0.4) is 0 Å². The third-order valence-electron chi connectivity index (χ3n) is 2.59. The molecular weight excluding hydrogens is 204 g/mol. The molecule has 88 valence electrons. The molecule has 1 atom stereocenters. The van der Waals surface area contributed by atoms with E-state index in [-0.39, 0.29) is 6.10 Å². The molecule has 1 aliphatic heterocycles. The highest BCUT2D eigenvalue weighted by Crippen LogP contribution is 2.30. The molecule has 1 aromatic rings. The fraction of sp³-hybridized carbons (Fsp3) is 0.500. The van der Waals surface area contributed by atoms with E-state index in [4.69, 9.17) is 15.2 Å². The van der Waals surface area contributed by atoms with Gasteiger partial charge in [-0.15, -0.1) is 0 Å². The number of hydrogen-bond donors (Lipinski definition) is 1. The molecule has 2 rings (SSSR count). The highest BCUT2D eigenvalue weighted by Gasteiger charge is 2.21. The van der Waals surface area contributed by atoms with E-state index in [0.717, 1.165) is 24.6 Å². The first-order chi connectivity index (χ1) is 7.79. The molecule has 4 heteroatoms. The van der Waals surface area contributed by atoms with Crippen LogP contribution < -0.4 is 15.2 Å². The van der Waals surface area contributed by atoms with Gasteiger partial charge >= 0.3 is 0 Å². The zero-order valence-electron chi connectivity index (χ0n) is 9.56. The van der Waals surface area contributed by atoms with Gasteiger partial charge in [0, 0.05) is 19.6 Å². The SMILES string of the molecule is CN(CCN)C[C@@H]1COc2ccccc2O1. The summed E-state index contributed by atoms with van der Waals surface area (Å²) in [5.41, 5.74) is 5.50. The second-order valence-electron chi connectivity index (χ2n) is 4.05. The van der Waals surface area contributed by atoms with Crippen molar-refractivity contribution in [3.8, 4) is 11.5 Å². The van der Waals surface area contributed by atoms with Crippen molar-refractivity contribution in [1.82, 2.24) is 4.90 Å². The van der Waals surface area contributed by atoms with Crippen LogP contribution in [0.1, 0.15) is 0 Å². The summed E-state index contributed by atoms with van der Waals surface area (Å²) in [4.78, 5) is 2.15. The molecule has 0 spiro atoms. The van der Waals surface area contributed by atoms with Crippen LogP contribution in [0.5, 0.6) is 11.5 Å². The Morgan fingerprint density at radius 1 is 1.38 bits per heavy atom. The molecular formula is C12H18N2O2. The van der Waals surface area contributed by atoms with Crippen LogP contribution in [0.2, 0.25) is 0 Å². The first kappa shape index (κ1) is 11.2. The van der Waals surface area contributed by atoms with E-state index in [9.17, 15) is 0 Å². The van der Waals surface area contributed by atoms with Gasteiger partial charge in [-0.25, -0.2) is 0 Å². The van der Waals surface area contributed by atoms with E-state index in [0.29, 0.717) is 13.2 Å². The average Bonchev–Trinajstić information content (AvgIpc) is 2.29. The van der Waals surface area contributed by atoms with Gasteiger partial charge < -0.3 is 20.1 Å². The van der Waals surface area contributed by atoms with Gasteiger partial charge in [0.05, 0.1) is 0 Å². The van der Waals surface area contributed by atoms with Gasteiger partial charge in [-0.1, -0.05) is 12.1 Å². The summed E-state index contributed by atoms with van der Waals surface area (Å²) in [5.74, 6) is 1.67. The van der Waals surface area contributed by atoms with Crippen LogP contribution in [0, 0.1) is 0 Å². The molecule has 0 saturated heterocycles. The second kappa shape index (κ2) is 5.18. The molecule has 0 radical (unpaired) electrons. The van der Waals surface area contributed by atoms with Gasteiger partial charge in [0.15, 0.2) is 11.5 Å². The Morgan fingerprint density at radius 2 is 2.12 bits per heavy atom. The van der Waals surface area contributed by atoms with Crippen molar-refractivity contribution < 1.29 is 9.47 Å². The molecule has 0 aliphatic carbocycles. The second-order valence-corrected chi connectivity index (χ2v) is 4.05. The summed E-state index contributed by atoms with van der Waals surface area (Å²) < 4.78 is 11.5. The van der Waals surface area contributed by atoms with Crippen LogP contribution in [0.25, 0.3) is 0 Å². The predicted molar refractivity (Wildman–Crippen MR) is 62.9 cm³/mol. The molecule has 4 nitrogen and oxygen atoms in total. The van der Waals surface area contributed by atoms with E-state index < -0.39 is 0 Å². The zero-order chi connectivity index (χ0) is 11.4. The lowest BCUT2D eigenvalue weighted by molar-refractivity contribution is 0.0662. The Labute approximate surface area is 95.9 Å². The fourth-order valence-corrected chi connectivity index (χ4v) is 1.81. The number of nitrogens with two attached hydrogens (primary N) is 1. The maximum Gasteiger partial charge on any atom is 0.161 e. The molecule has 0 bridgehead atoms. The zero-order valence-corrected chi connectivity index (χ0v) is 9.56. The summed E-state index contributed by atoms with van der Waals surface area (Å²) >= 11 is 0. The number of benzene rings is 1. The smallest absolute Gasteiger partial charge is 0.161 e. The Balaban J connectivity index is 1.92. The quantitative estimate of drug-likeness (QED) is 0.815. The lowest BCUT2D eigenvalue weighted by atomic mass is 10.2. The highest BCUT2D eigenvalue weighted by molar-refractivity contribution is 5.40. The maximum absolute atomic E-state index is 5.84. The van der Waals surface area contributed by atoms with E-state index in [2.05, 4.69) is 4.90 Å². The molecule has 0 aromatic heterocycles. The summed E-state index contributed by atoms with van der Waals surface area (Å²) in [6.07, 6.45) is 0.0893. The minimum Gasteiger partial charge on any atom is -0.486 e. The van der Waals surface area contributed by atoms with Crippen molar-refractivity contribution in [1.29, 1.82) is 0 Å². The number of nitrogens with zero attached hydrogens (tertiary/aromatic N) is 1. The molecule has 1 aliphatic rings. The predicted octanol–water partition coefficient (Wildman–Crippen LogP) is 0.717. The Hall–Kier alpha value is -1.26. The molecule has 1 heterocycles. The van der Waals surface area contributed by atoms with Gasteiger partial charge in [-0.05, 0) is 19.2 Å². The van der Waals surface area contributed by atoms with E-state index in [1.807, 2.05) is 31.3 Å². The molecule has 1 aromatic carbocycles. The molecule has 2 N–H and O–H groups in total. The van der Waals surface area contributed by atoms with E-state index in [1.165, 1.54) is 0 Å². The first-order valence-corrected chi connectivity index (χ1v) is 5.56. The van der Waals surface area contributed by atoms with Gasteiger partial charge in [0.1, 0.15) is 12.7 Å². The van der Waals surface area contributed by atoms with Crippen LogP contribution in [0.15, 0.2) is 24.3 Å². The Morgan fingerprint density at radius 3 is 2.88 bits per heavy atom. The number of ether oxygens (including phenoxy) is 2. The third-order valence-corrected chi connectivity index (χ3v) is 2.59. The van der Waals surface area contributed by atoms with Crippen molar-refractivity contribution in [3.63, 3.8) is 0 Å². The molecule has 0 amide bonds. The summed E-state index contributed by atoms with van der Waals surface area (Å²) in [6.45, 7) is 2.99. The van der Waals surface area contributed by atoms with Crippen molar-refractivity contribution in [3.05, 3.63) is 24.3 Å². The van der Waals surface area contributed by atoms with Crippen molar-refractivity contribution >= 4 is 0 Å². The summed E-state index contributed by atoms with van der Waals surface area (Å²) in [6, 6.07) is 7.76. The van der Waals surface area contributed by atoms with Crippen LogP contribution in [-0.4, -0.2) is 44.3 Å². The van der Waals surface area contributed by atoms with Crippen molar-refractivity contribution in [2.45, 2.75) is 6.10 Å². The van der Waals surface area contributed by atoms with Crippen LogP contribution >= 0.6 is 0 Å².